The van der Waals surface area contributed by atoms with Crippen molar-refractivity contribution in [3.8, 4) is 0 Å². The molecule has 4 heteroatoms. The molecule has 4 aromatic carbocycles. The van der Waals surface area contributed by atoms with Crippen LogP contribution in [-0.2, 0) is 11.2 Å². The number of benzene rings is 4. The van der Waals surface area contributed by atoms with Gasteiger partial charge >= 0.3 is 0 Å². The van der Waals surface area contributed by atoms with Crippen LogP contribution in [0.15, 0.2) is 84.4 Å². The molecule has 1 amide bonds. The molecule has 0 saturated carbocycles. The Morgan fingerprint density at radius 1 is 0.853 bits per heavy atom. The lowest BCUT2D eigenvalue weighted by Crippen LogP contribution is -2.20. The summed E-state index contributed by atoms with van der Waals surface area (Å²) in [6, 6.07) is 27.9. The van der Waals surface area contributed by atoms with E-state index in [4.69, 9.17) is 0 Å². The van der Waals surface area contributed by atoms with Crippen LogP contribution in [0, 0.1) is 3.57 Å². The number of carbonyl (C=O) groups is 1. The van der Waals surface area contributed by atoms with Crippen molar-refractivity contribution < 1.29 is 4.79 Å². The third-order valence-electron chi connectivity index (χ3n) is 7.16. The summed E-state index contributed by atoms with van der Waals surface area (Å²) in [4.78, 5) is 15.5. The predicted octanol–water partition coefficient (Wildman–Crippen LogP) is 6.97. The molecule has 0 fully saturated rings. The highest BCUT2D eigenvalue weighted by atomic mass is 127. The van der Waals surface area contributed by atoms with Crippen molar-refractivity contribution in [3.05, 3.63) is 110 Å². The summed E-state index contributed by atoms with van der Waals surface area (Å²) < 4.78 is 1.15. The number of halogens is 1. The van der Waals surface area contributed by atoms with Crippen LogP contribution in [-0.4, -0.2) is 20.0 Å². The fraction of sp³-hybridized carbons (Fsp3) is 0.167. The van der Waals surface area contributed by atoms with Crippen LogP contribution in [0.4, 0.5) is 11.4 Å². The molecular formula is C30H25IN2O. The highest BCUT2D eigenvalue weighted by Crippen LogP contribution is 2.51. The molecule has 1 N–H and O–H groups in total. The molecule has 6 rings (SSSR count). The van der Waals surface area contributed by atoms with Crippen LogP contribution in [0.3, 0.4) is 0 Å². The maximum absolute atomic E-state index is 13.3. The van der Waals surface area contributed by atoms with Crippen molar-refractivity contribution in [3.63, 3.8) is 0 Å². The minimum atomic E-state index is -0.216. The minimum absolute atomic E-state index is 0.0305. The maximum atomic E-state index is 13.3. The van der Waals surface area contributed by atoms with Gasteiger partial charge < -0.3 is 10.2 Å². The first-order valence-corrected chi connectivity index (χ1v) is 12.7. The first-order valence-electron chi connectivity index (χ1n) is 11.6. The normalized spacial score (nSPS) is 18.4. The van der Waals surface area contributed by atoms with Crippen LogP contribution >= 0.6 is 22.6 Å². The molecule has 2 aliphatic rings. The molecule has 0 spiro atoms. The molecule has 3 nitrogen and oxygen atoms in total. The highest BCUT2D eigenvalue weighted by molar-refractivity contribution is 14.1. The lowest BCUT2D eigenvalue weighted by Gasteiger charge is -2.24. The van der Waals surface area contributed by atoms with Gasteiger partial charge in [-0.15, -0.1) is 0 Å². The Bertz CT molecular complexity index is 1490. The molecule has 1 heterocycles. The average Bonchev–Trinajstić information content (AvgIpc) is 3.34. The molecule has 34 heavy (non-hydrogen) atoms. The topological polar surface area (TPSA) is 32.3 Å². The number of hydrogen-bond donors (Lipinski definition) is 1. The molecule has 1 aliphatic heterocycles. The van der Waals surface area contributed by atoms with Crippen molar-refractivity contribution in [1.82, 2.24) is 0 Å². The summed E-state index contributed by atoms with van der Waals surface area (Å²) in [6.45, 7) is 0. The van der Waals surface area contributed by atoms with Gasteiger partial charge in [0.05, 0.1) is 5.92 Å². The van der Waals surface area contributed by atoms with E-state index in [0.717, 1.165) is 21.2 Å². The maximum Gasteiger partial charge on any atom is 0.232 e. The second-order valence-electron chi connectivity index (χ2n) is 9.38. The van der Waals surface area contributed by atoms with Gasteiger partial charge in [-0.05, 0) is 80.9 Å². The number of rotatable bonds is 4. The second-order valence-corrected chi connectivity index (χ2v) is 10.6. The fourth-order valence-corrected chi connectivity index (χ4v) is 6.18. The zero-order valence-electron chi connectivity index (χ0n) is 19.2. The number of nitrogens with one attached hydrogen (secondary N) is 1. The number of carbonyl (C=O) groups excluding carboxylic acids is 1. The summed E-state index contributed by atoms with van der Waals surface area (Å²) in [5.74, 6) is -0.0905. The predicted molar refractivity (Wildman–Crippen MR) is 150 cm³/mol. The van der Waals surface area contributed by atoms with Gasteiger partial charge in [0.1, 0.15) is 0 Å². The van der Waals surface area contributed by atoms with Gasteiger partial charge in [-0.3, -0.25) is 4.79 Å². The smallest absolute Gasteiger partial charge is 0.232 e. The van der Waals surface area contributed by atoms with Gasteiger partial charge in [0, 0.05) is 40.3 Å². The number of amides is 1. The molecule has 4 aromatic rings. The van der Waals surface area contributed by atoms with Crippen molar-refractivity contribution in [2.24, 2.45) is 0 Å². The van der Waals surface area contributed by atoms with Gasteiger partial charge in [-0.1, -0.05) is 66.2 Å². The van der Waals surface area contributed by atoms with E-state index in [0.29, 0.717) is 0 Å². The third kappa shape index (κ3) is 3.43. The Labute approximate surface area is 213 Å². The van der Waals surface area contributed by atoms with E-state index in [1.165, 1.54) is 38.7 Å². The largest absolute Gasteiger partial charge is 0.377 e. The number of anilines is 2. The highest BCUT2D eigenvalue weighted by Gasteiger charge is 2.42. The van der Waals surface area contributed by atoms with Crippen LogP contribution in [0.25, 0.3) is 16.8 Å². The molecule has 1 aliphatic carbocycles. The summed E-state index contributed by atoms with van der Waals surface area (Å²) >= 11 is 2.34. The van der Waals surface area contributed by atoms with Gasteiger partial charge in [0.25, 0.3) is 0 Å². The summed E-state index contributed by atoms with van der Waals surface area (Å²) in [5.41, 5.74) is 8.35. The quantitative estimate of drug-likeness (QED) is 0.276. The zero-order valence-corrected chi connectivity index (χ0v) is 21.3. The number of hydrogen-bond acceptors (Lipinski definition) is 2. The summed E-state index contributed by atoms with van der Waals surface area (Å²) in [5, 5.41) is 5.67. The first-order chi connectivity index (χ1) is 16.5. The van der Waals surface area contributed by atoms with Crippen molar-refractivity contribution in [2.45, 2.75) is 18.3 Å². The van der Waals surface area contributed by atoms with Crippen LogP contribution in [0.1, 0.15) is 34.1 Å². The van der Waals surface area contributed by atoms with E-state index in [-0.39, 0.29) is 17.7 Å². The Balaban J connectivity index is 1.47. The number of fused-ring (bicyclic) bond motifs is 3. The Hall–Kier alpha value is -3.12. The standard InChI is InChI=1S/C30H25IN2O/c1-33(2)27-14-11-19(22-8-5-6-10-24(22)27)16-20-15-18-7-3-4-9-23(18)28(20)29-25-17-21(31)12-13-26(25)32-30(29)34/h3-15,17,28-29H,16H2,1-2H3,(H,32,34). The second kappa shape index (κ2) is 8.27. The van der Waals surface area contributed by atoms with Crippen molar-refractivity contribution in [2.75, 3.05) is 24.3 Å². The van der Waals surface area contributed by atoms with E-state index in [1.54, 1.807) is 0 Å². The molecule has 2 unspecified atom stereocenters. The lowest BCUT2D eigenvalue weighted by molar-refractivity contribution is -0.117. The molecule has 168 valence electrons. The monoisotopic (exact) mass is 556 g/mol. The van der Waals surface area contributed by atoms with Crippen LogP contribution < -0.4 is 10.2 Å². The fourth-order valence-electron chi connectivity index (χ4n) is 5.67. The van der Waals surface area contributed by atoms with Crippen molar-refractivity contribution in [1.29, 1.82) is 0 Å². The zero-order chi connectivity index (χ0) is 23.4. The lowest BCUT2D eigenvalue weighted by atomic mass is 9.78. The van der Waals surface area contributed by atoms with Gasteiger partial charge in [0.2, 0.25) is 5.91 Å². The van der Waals surface area contributed by atoms with Crippen molar-refractivity contribution >= 4 is 56.7 Å². The van der Waals surface area contributed by atoms with E-state index in [1.807, 2.05) is 6.07 Å². The molecular weight excluding hydrogens is 531 g/mol. The molecule has 0 radical (unpaired) electrons. The first kappa shape index (κ1) is 21.4. The third-order valence-corrected chi connectivity index (χ3v) is 7.83. The summed E-state index contributed by atoms with van der Waals surface area (Å²) in [7, 11) is 4.18. The average molecular weight is 556 g/mol. The summed E-state index contributed by atoms with van der Waals surface area (Å²) in [6.07, 6.45) is 3.13. The van der Waals surface area contributed by atoms with Gasteiger partial charge in [-0.2, -0.15) is 0 Å². The van der Waals surface area contributed by atoms with E-state index in [9.17, 15) is 4.79 Å². The molecule has 2 atom stereocenters. The van der Waals surface area contributed by atoms with E-state index in [2.05, 4.69) is 126 Å². The number of nitrogens with zero attached hydrogens (tertiary/aromatic N) is 1. The number of allylic oxidation sites excluding steroid dienone is 1. The molecule has 0 saturated heterocycles. The molecule has 0 bridgehead atoms. The van der Waals surface area contributed by atoms with Gasteiger partial charge in [-0.25, -0.2) is 0 Å². The minimum Gasteiger partial charge on any atom is -0.377 e. The van der Waals surface area contributed by atoms with E-state index >= 15 is 0 Å². The molecule has 0 aromatic heterocycles. The Morgan fingerprint density at radius 2 is 1.62 bits per heavy atom. The Kier molecular flexibility index (Phi) is 5.21. The van der Waals surface area contributed by atoms with Crippen LogP contribution in [0.2, 0.25) is 0 Å². The SMILES string of the molecule is CN(C)c1ccc(CC2=Cc3ccccc3C2C2C(=O)Nc3ccc(I)cc32)c2ccccc12. The van der Waals surface area contributed by atoms with E-state index < -0.39 is 0 Å². The van der Waals surface area contributed by atoms with Gasteiger partial charge in [0.15, 0.2) is 0 Å². The van der Waals surface area contributed by atoms with Crippen LogP contribution in [0.5, 0.6) is 0 Å². The Morgan fingerprint density at radius 3 is 2.44 bits per heavy atom.